The van der Waals surface area contributed by atoms with Crippen molar-refractivity contribution >= 4 is 24.0 Å². The molecule has 19 heavy (non-hydrogen) atoms. The molecule has 2 atom stereocenters. The predicted molar refractivity (Wildman–Crippen MR) is 76.5 cm³/mol. The fourth-order valence-corrected chi connectivity index (χ4v) is 3.67. The van der Waals surface area contributed by atoms with Gasteiger partial charge in [0.2, 0.25) is 0 Å². The average Bonchev–Trinajstić information content (AvgIpc) is 2.38. The minimum Gasteiger partial charge on any atom is -0.375 e. The summed E-state index contributed by atoms with van der Waals surface area (Å²) in [7, 11) is 0. The molecule has 1 aromatic rings. The second-order valence-electron chi connectivity index (χ2n) is 5.10. The van der Waals surface area contributed by atoms with E-state index in [9.17, 15) is 4.39 Å². The lowest BCUT2D eigenvalue weighted by Gasteiger charge is -2.48. The predicted octanol–water partition coefficient (Wildman–Crippen LogP) is 3.66. The Morgan fingerprint density at radius 2 is 2.21 bits per heavy atom. The van der Waals surface area contributed by atoms with Gasteiger partial charge in [-0.25, -0.2) is 4.39 Å². The topological polar surface area (TPSA) is 21.3 Å². The molecule has 1 saturated carbocycles. The van der Waals surface area contributed by atoms with Crippen LogP contribution >= 0.6 is 24.0 Å². The summed E-state index contributed by atoms with van der Waals surface area (Å²) >= 11 is 6.24. The monoisotopic (exact) mass is 305 g/mol. The highest BCUT2D eigenvalue weighted by molar-refractivity contribution is 6.31. The molecule has 2 aliphatic rings. The number of hydrogen-bond donors (Lipinski definition) is 1. The van der Waals surface area contributed by atoms with Crippen molar-refractivity contribution in [1.82, 2.24) is 5.32 Å². The lowest BCUT2D eigenvalue weighted by atomic mass is 9.73. The van der Waals surface area contributed by atoms with Crippen LogP contribution in [0.2, 0.25) is 5.02 Å². The van der Waals surface area contributed by atoms with E-state index in [0.717, 1.165) is 32.2 Å². The molecule has 1 aliphatic heterocycles. The number of rotatable bonds is 1. The Labute approximate surface area is 124 Å². The number of hydrogen-bond acceptors (Lipinski definition) is 2. The summed E-state index contributed by atoms with van der Waals surface area (Å²) in [5.41, 5.74) is 0.162. The summed E-state index contributed by atoms with van der Waals surface area (Å²) in [4.78, 5) is 0. The van der Waals surface area contributed by atoms with Gasteiger partial charge in [-0.05, 0) is 25.0 Å². The zero-order chi connectivity index (χ0) is 12.6. The summed E-state index contributed by atoms with van der Waals surface area (Å²) in [6, 6.07) is 4.90. The summed E-state index contributed by atoms with van der Waals surface area (Å²) in [5.74, 6) is -0.229. The molecule has 1 aromatic carbocycles. The van der Waals surface area contributed by atoms with Crippen molar-refractivity contribution in [3.05, 3.63) is 34.6 Å². The first-order valence-electron chi connectivity index (χ1n) is 6.55. The van der Waals surface area contributed by atoms with Crippen LogP contribution in [0.3, 0.4) is 0 Å². The molecule has 0 spiro atoms. The zero-order valence-corrected chi connectivity index (χ0v) is 12.2. The van der Waals surface area contributed by atoms with Crippen LogP contribution in [0.25, 0.3) is 0 Å². The molecule has 3 rings (SSSR count). The van der Waals surface area contributed by atoms with Gasteiger partial charge in [-0.2, -0.15) is 0 Å². The quantitative estimate of drug-likeness (QED) is 0.855. The van der Waals surface area contributed by atoms with Crippen LogP contribution < -0.4 is 5.32 Å². The van der Waals surface area contributed by atoms with Gasteiger partial charge in [0.05, 0.1) is 18.2 Å². The van der Waals surface area contributed by atoms with Crippen LogP contribution in [-0.2, 0) is 10.3 Å². The van der Waals surface area contributed by atoms with E-state index in [0.29, 0.717) is 17.2 Å². The summed E-state index contributed by atoms with van der Waals surface area (Å²) in [5, 5.41) is 3.98. The van der Waals surface area contributed by atoms with Gasteiger partial charge in [0.25, 0.3) is 0 Å². The molecule has 1 heterocycles. The normalized spacial score (nSPS) is 30.3. The van der Waals surface area contributed by atoms with Crippen LogP contribution in [0.4, 0.5) is 4.39 Å². The molecule has 0 radical (unpaired) electrons. The van der Waals surface area contributed by atoms with Crippen molar-refractivity contribution < 1.29 is 9.13 Å². The molecule has 0 amide bonds. The van der Waals surface area contributed by atoms with Gasteiger partial charge in [0.15, 0.2) is 0 Å². The summed E-state index contributed by atoms with van der Waals surface area (Å²) in [6.07, 6.45) is 4.11. The summed E-state index contributed by atoms with van der Waals surface area (Å²) in [6.45, 7) is 1.44. The Balaban J connectivity index is 0.00000133. The van der Waals surface area contributed by atoms with Crippen LogP contribution in [-0.4, -0.2) is 19.3 Å². The molecular weight excluding hydrogens is 288 g/mol. The SMILES string of the molecule is Cl.Fc1cccc(Cl)c1C12CCCCC1OCCN2. The van der Waals surface area contributed by atoms with Crippen molar-refractivity contribution in [2.75, 3.05) is 13.2 Å². The average molecular weight is 306 g/mol. The maximum atomic E-state index is 14.2. The highest BCUT2D eigenvalue weighted by Crippen LogP contribution is 2.44. The second-order valence-corrected chi connectivity index (χ2v) is 5.51. The minimum atomic E-state index is -0.432. The van der Waals surface area contributed by atoms with Gasteiger partial charge in [-0.1, -0.05) is 30.5 Å². The molecule has 0 bridgehead atoms. The number of halogens is 3. The molecule has 106 valence electrons. The molecule has 2 nitrogen and oxygen atoms in total. The van der Waals surface area contributed by atoms with Crippen molar-refractivity contribution in [2.24, 2.45) is 0 Å². The van der Waals surface area contributed by atoms with E-state index in [-0.39, 0.29) is 24.3 Å². The molecule has 1 saturated heterocycles. The van der Waals surface area contributed by atoms with E-state index in [2.05, 4.69) is 5.32 Å². The lowest BCUT2D eigenvalue weighted by Crippen LogP contribution is -2.59. The van der Waals surface area contributed by atoms with E-state index in [1.807, 2.05) is 0 Å². The zero-order valence-electron chi connectivity index (χ0n) is 10.6. The summed E-state index contributed by atoms with van der Waals surface area (Å²) < 4.78 is 20.1. The Kier molecular flexibility index (Phi) is 4.72. The van der Waals surface area contributed by atoms with Crippen LogP contribution in [0, 0.1) is 5.82 Å². The largest absolute Gasteiger partial charge is 0.375 e. The first-order chi connectivity index (χ1) is 8.74. The number of nitrogens with one attached hydrogen (secondary N) is 1. The molecular formula is C14H18Cl2FNO. The standard InChI is InChI=1S/C14H17ClFNO.ClH/c15-10-4-3-5-11(16)13(10)14-7-2-1-6-12(14)18-9-8-17-14;/h3-5,12,17H,1-2,6-9H2;1H. The molecule has 1 aliphatic carbocycles. The Morgan fingerprint density at radius 3 is 3.00 bits per heavy atom. The number of benzene rings is 1. The first kappa shape index (κ1) is 15.0. The number of morpholine rings is 1. The number of fused-ring (bicyclic) bond motifs is 1. The molecule has 2 unspecified atom stereocenters. The van der Waals surface area contributed by atoms with Crippen molar-refractivity contribution in [1.29, 1.82) is 0 Å². The van der Waals surface area contributed by atoms with Crippen LogP contribution in [0.5, 0.6) is 0 Å². The van der Waals surface area contributed by atoms with Crippen molar-refractivity contribution in [2.45, 2.75) is 37.3 Å². The van der Waals surface area contributed by atoms with Gasteiger partial charge in [0, 0.05) is 17.1 Å². The van der Waals surface area contributed by atoms with E-state index in [4.69, 9.17) is 16.3 Å². The van der Waals surface area contributed by atoms with Crippen LogP contribution in [0.15, 0.2) is 18.2 Å². The third kappa shape index (κ3) is 2.49. The Morgan fingerprint density at radius 1 is 1.37 bits per heavy atom. The van der Waals surface area contributed by atoms with E-state index >= 15 is 0 Å². The van der Waals surface area contributed by atoms with Crippen molar-refractivity contribution in [3.63, 3.8) is 0 Å². The maximum Gasteiger partial charge on any atom is 0.129 e. The fraction of sp³-hybridized carbons (Fsp3) is 0.571. The lowest BCUT2D eigenvalue weighted by molar-refractivity contribution is -0.0768. The van der Waals surface area contributed by atoms with Gasteiger partial charge < -0.3 is 10.1 Å². The van der Waals surface area contributed by atoms with Gasteiger partial charge in [-0.3, -0.25) is 0 Å². The first-order valence-corrected chi connectivity index (χ1v) is 6.93. The Bertz CT molecular complexity index is 423. The van der Waals surface area contributed by atoms with Crippen molar-refractivity contribution in [3.8, 4) is 0 Å². The molecule has 0 aromatic heterocycles. The highest BCUT2D eigenvalue weighted by Gasteiger charge is 2.47. The maximum absolute atomic E-state index is 14.2. The minimum absolute atomic E-state index is 0. The fourth-order valence-electron chi connectivity index (χ4n) is 3.34. The third-order valence-electron chi connectivity index (χ3n) is 4.11. The van der Waals surface area contributed by atoms with Gasteiger partial charge >= 0.3 is 0 Å². The van der Waals surface area contributed by atoms with Crippen LogP contribution in [0.1, 0.15) is 31.2 Å². The van der Waals surface area contributed by atoms with Gasteiger partial charge in [-0.15, -0.1) is 12.4 Å². The molecule has 1 N–H and O–H groups in total. The Hall–Kier alpha value is -0.350. The van der Waals surface area contributed by atoms with Gasteiger partial charge in [0.1, 0.15) is 5.82 Å². The molecule has 2 fully saturated rings. The highest BCUT2D eigenvalue weighted by atomic mass is 35.5. The third-order valence-corrected chi connectivity index (χ3v) is 4.42. The molecule has 5 heteroatoms. The van der Waals surface area contributed by atoms with E-state index in [1.165, 1.54) is 6.07 Å². The second kappa shape index (κ2) is 5.96. The van der Waals surface area contributed by atoms with E-state index < -0.39 is 5.54 Å². The van der Waals surface area contributed by atoms with E-state index in [1.54, 1.807) is 12.1 Å². The smallest absolute Gasteiger partial charge is 0.129 e. The number of ether oxygens (including phenoxy) is 1.